The van der Waals surface area contributed by atoms with Gasteiger partial charge >= 0.3 is 12.0 Å². The molecular weight excluding hydrogens is 307 g/mol. The van der Waals surface area contributed by atoms with Crippen molar-refractivity contribution in [1.29, 1.82) is 0 Å². The predicted molar refractivity (Wildman–Crippen MR) is 74.2 cm³/mol. The third kappa shape index (κ3) is 3.15. The number of likely N-dealkylation sites (tertiary alicyclic amines) is 1. The minimum Gasteiger partial charge on any atom is -0.480 e. The first-order valence-corrected chi connectivity index (χ1v) is 6.57. The summed E-state index contributed by atoms with van der Waals surface area (Å²) in [4.78, 5) is 24.2. The van der Waals surface area contributed by atoms with Gasteiger partial charge in [-0.3, -0.25) is 0 Å². The molecule has 2 rings (SSSR count). The van der Waals surface area contributed by atoms with E-state index in [1.165, 1.54) is 12.1 Å². The number of benzene rings is 1. The standard InChI is InChI=1S/C12H12Cl2N2O4/c13-6-1-2-8(14)9(3-6)15-12(20)16-5-7(17)4-10(16)11(18)19/h1-3,7,10,17H,4-5H2,(H,15,20)(H,18,19)/t7-,10-/m1/s1. The Morgan fingerprint density at radius 3 is 2.70 bits per heavy atom. The van der Waals surface area contributed by atoms with Gasteiger partial charge in [-0.25, -0.2) is 9.59 Å². The number of aliphatic hydroxyl groups is 1. The number of amides is 2. The summed E-state index contributed by atoms with van der Waals surface area (Å²) in [5.74, 6) is -1.16. The summed E-state index contributed by atoms with van der Waals surface area (Å²) in [7, 11) is 0. The van der Waals surface area contributed by atoms with Crippen molar-refractivity contribution in [3.63, 3.8) is 0 Å². The zero-order valence-corrected chi connectivity index (χ0v) is 11.7. The number of halogens is 2. The van der Waals surface area contributed by atoms with E-state index in [0.717, 1.165) is 4.90 Å². The van der Waals surface area contributed by atoms with Gasteiger partial charge in [0, 0.05) is 18.0 Å². The van der Waals surface area contributed by atoms with E-state index in [-0.39, 0.29) is 23.7 Å². The third-order valence-electron chi connectivity index (χ3n) is 2.99. The third-order valence-corrected chi connectivity index (χ3v) is 3.56. The van der Waals surface area contributed by atoms with Gasteiger partial charge in [-0.05, 0) is 18.2 Å². The second kappa shape index (κ2) is 5.87. The Labute approximate surface area is 124 Å². The van der Waals surface area contributed by atoms with Gasteiger partial charge in [0.1, 0.15) is 6.04 Å². The largest absolute Gasteiger partial charge is 0.480 e. The number of anilines is 1. The molecule has 0 bridgehead atoms. The second-order valence-electron chi connectivity index (χ2n) is 4.45. The van der Waals surface area contributed by atoms with Crippen LogP contribution in [-0.4, -0.2) is 45.8 Å². The van der Waals surface area contributed by atoms with Crippen LogP contribution in [0.15, 0.2) is 18.2 Å². The van der Waals surface area contributed by atoms with Crippen molar-refractivity contribution in [3.05, 3.63) is 28.2 Å². The summed E-state index contributed by atoms with van der Waals surface area (Å²) in [6.07, 6.45) is -0.844. The van der Waals surface area contributed by atoms with Crippen LogP contribution in [0.4, 0.5) is 10.5 Å². The summed E-state index contributed by atoms with van der Waals surface area (Å²) in [5, 5.41) is 21.7. The Morgan fingerprint density at radius 1 is 1.35 bits per heavy atom. The molecule has 1 heterocycles. The monoisotopic (exact) mass is 318 g/mol. The lowest BCUT2D eigenvalue weighted by atomic mass is 10.2. The Balaban J connectivity index is 2.15. The Kier molecular flexibility index (Phi) is 4.37. The molecule has 6 nitrogen and oxygen atoms in total. The van der Waals surface area contributed by atoms with Gasteiger partial charge in [0.15, 0.2) is 0 Å². The summed E-state index contributed by atoms with van der Waals surface area (Å²) in [5.41, 5.74) is 0.287. The highest BCUT2D eigenvalue weighted by molar-refractivity contribution is 6.35. The molecule has 0 spiro atoms. The lowest BCUT2D eigenvalue weighted by Crippen LogP contribution is -2.43. The highest BCUT2D eigenvalue weighted by atomic mass is 35.5. The number of hydrogen-bond donors (Lipinski definition) is 3. The molecule has 1 aromatic rings. The molecule has 0 radical (unpaired) electrons. The molecular formula is C12H12Cl2N2O4. The normalized spacial score (nSPS) is 21.9. The van der Waals surface area contributed by atoms with E-state index >= 15 is 0 Å². The maximum Gasteiger partial charge on any atom is 0.326 e. The van der Waals surface area contributed by atoms with E-state index in [1.54, 1.807) is 6.07 Å². The summed E-state index contributed by atoms with van der Waals surface area (Å²) >= 11 is 11.7. The van der Waals surface area contributed by atoms with Crippen LogP contribution in [0, 0.1) is 0 Å². The Bertz CT molecular complexity index is 552. The zero-order chi connectivity index (χ0) is 14.9. The number of urea groups is 1. The Morgan fingerprint density at radius 2 is 2.05 bits per heavy atom. The number of carbonyl (C=O) groups is 2. The van der Waals surface area contributed by atoms with Gasteiger partial charge < -0.3 is 20.4 Å². The molecule has 0 unspecified atom stereocenters. The van der Waals surface area contributed by atoms with Crippen LogP contribution in [-0.2, 0) is 4.79 Å². The fourth-order valence-electron chi connectivity index (χ4n) is 2.05. The number of β-amino-alcohol motifs (C(OH)–C–C–N with tert-alkyl or cyclic N) is 1. The number of hydrogen-bond acceptors (Lipinski definition) is 3. The van der Waals surface area contributed by atoms with Gasteiger partial charge in [-0.2, -0.15) is 0 Å². The average Bonchev–Trinajstić information content (AvgIpc) is 2.76. The van der Waals surface area contributed by atoms with Crippen LogP contribution >= 0.6 is 23.2 Å². The smallest absolute Gasteiger partial charge is 0.326 e. The number of nitrogens with zero attached hydrogens (tertiary/aromatic N) is 1. The number of aliphatic carboxylic acids is 1. The molecule has 1 aliphatic rings. The molecule has 3 N–H and O–H groups in total. The van der Waals surface area contributed by atoms with Crippen LogP contribution in [0.3, 0.4) is 0 Å². The topological polar surface area (TPSA) is 89.9 Å². The SMILES string of the molecule is O=C(O)[C@H]1C[C@@H](O)CN1C(=O)Nc1cc(Cl)ccc1Cl. The van der Waals surface area contributed by atoms with Crippen molar-refractivity contribution in [2.24, 2.45) is 0 Å². The minimum absolute atomic E-state index is 0.00598. The first-order chi connectivity index (χ1) is 9.38. The minimum atomic E-state index is -1.16. The zero-order valence-electron chi connectivity index (χ0n) is 10.2. The van der Waals surface area contributed by atoms with E-state index in [9.17, 15) is 14.7 Å². The molecule has 0 saturated carbocycles. The van der Waals surface area contributed by atoms with Crippen molar-refractivity contribution in [2.45, 2.75) is 18.6 Å². The quantitative estimate of drug-likeness (QED) is 0.778. The highest BCUT2D eigenvalue weighted by Gasteiger charge is 2.39. The van der Waals surface area contributed by atoms with Crippen LogP contribution < -0.4 is 5.32 Å². The number of aliphatic hydroxyl groups excluding tert-OH is 1. The number of carboxylic acids is 1. The first-order valence-electron chi connectivity index (χ1n) is 5.82. The van der Waals surface area contributed by atoms with Gasteiger partial charge in [-0.1, -0.05) is 23.2 Å². The maximum atomic E-state index is 12.1. The fourth-order valence-corrected chi connectivity index (χ4v) is 2.39. The average molecular weight is 319 g/mol. The van der Waals surface area contributed by atoms with E-state index in [4.69, 9.17) is 28.3 Å². The maximum absolute atomic E-state index is 12.1. The van der Waals surface area contributed by atoms with E-state index in [2.05, 4.69) is 5.32 Å². The van der Waals surface area contributed by atoms with Gasteiger partial charge in [0.25, 0.3) is 0 Å². The molecule has 8 heteroatoms. The van der Waals surface area contributed by atoms with Crippen molar-refractivity contribution in [2.75, 3.05) is 11.9 Å². The van der Waals surface area contributed by atoms with Crippen molar-refractivity contribution >= 4 is 40.9 Å². The molecule has 1 fully saturated rings. The van der Waals surface area contributed by atoms with E-state index in [0.29, 0.717) is 5.02 Å². The molecule has 1 aliphatic heterocycles. The van der Waals surface area contributed by atoms with Crippen LogP contribution in [0.1, 0.15) is 6.42 Å². The van der Waals surface area contributed by atoms with Gasteiger partial charge in [0.2, 0.25) is 0 Å². The Hall–Kier alpha value is -1.50. The molecule has 0 aliphatic carbocycles. The molecule has 0 aromatic heterocycles. The summed E-state index contributed by atoms with van der Waals surface area (Å²) < 4.78 is 0. The molecule has 2 amide bonds. The fraction of sp³-hybridized carbons (Fsp3) is 0.333. The van der Waals surface area contributed by atoms with Gasteiger partial charge in [0.05, 0.1) is 16.8 Å². The molecule has 108 valence electrons. The van der Waals surface area contributed by atoms with Crippen LogP contribution in [0.2, 0.25) is 10.0 Å². The lowest BCUT2D eigenvalue weighted by molar-refractivity contribution is -0.141. The molecule has 1 aromatic carbocycles. The van der Waals surface area contributed by atoms with Crippen LogP contribution in [0.25, 0.3) is 0 Å². The molecule has 20 heavy (non-hydrogen) atoms. The van der Waals surface area contributed by atoms with Crippen molar-refractivity contribution < 1.29 is 19.8 Å². The first kappa shape index (κ1) is 14.9. The van der Waals surface area contributed by atoms with Crippen LogP contribution in [0.5, 0.6) is 0 Å². The van der Waals surface area contributed by atoms with E-state index in [1.807, 2.05) is 0 Å². The predicted octanol–water partition coefficient (Wildman–Crippen LogP) is 2.05. The van der Waals surface area contributed by atoms with E-state index < -0.39 is 24.1 Å². The number of rotatable bonds is 2. The second-order valence-corrected chi connectivity index (χ2v) is 5.29. The van der Waals surface area contributed by atoms with Gasteiger partial charge in [-0.15, -0.1) is 0 Å². The van der Waals surface area contributed by atoms with Crippen molar-refractivity contribution in [3.8, 4) is 0 Å². The summed E-state index contributed by atoms with van der Waals surface area (Å²) in [6.45, 7) is -0.0407. The molecule has 1 saturated heterocycles. The number of carbonyl (C=O) groups excluding carboxylic acids is 1. The lowest BCUT2D eigenvalue weighted by Gasteiger charge is -2.21. The highest BCUT2D eigenvalue weighted by Crippen LogP contribution is 2.27. The summed E-state index contributed by atoms with van der Waals surface area (Å²) in [6, 6.07) is 2.86. The molecule has 2 atom stereocenters. The van der Waals surface area contributed by atoms with Crippen molar-refractivity contribution in [1.82, 2.24) is 4.90 Å². The number of nitrogens with one attached hydrogen (secondary N) is 1. The number of carboxylic acid groups (broad SMARTS) is 1.